The van der Waals surface area contributed by atoms with Gasteiger partial charge >= 0.3 is 0 Å². The molecule has 1 amide bonds. The van der Waals surface area contributed by atoms with Gasteiger partial charge in [-0.3, -0.25) is 4.79 Å². The molecule has 1 unspecified atom stereocenters. The van der Waals surface area contributed by atoms with E-state index in [4.69, 9.17) is 0 Å². The number of aliphatic imine (C=N–C) groups is 1. The predicted molar refractivity (Wildman–Crippen MR) is 57.8 cm³/mol. The normalized spacial score (nSPS) is 24.2. The van der Waals surface area contributed by atoms with Crippen LogP contribution in [0.25, 0.3) is 0 Å². The first-order valence-electron chi connectivity index (χ1n) is 4.99. The Balaban J connectivity index is 2.02. The van der Waals surface area contributed by atoms with E-state index in [0.29, 0.717) is 0 Å². The Kier molecular flexibility index (Phi) is 2.82. The van der Waals surface area contributed by atoms with E-state index >= 15 is 0 Å². The van der Waals surface area contributed by atoms with Crippen molar-refractivity contribution < 1.29 is 4.79 Å². The summed E-state index contributed by atoms with van der Waals surface area (Å²) in [6.07, 6.45) is 8.03. The SMILES string of the molecule is CC(=O)NC1N=C(C2=CCCC=C2)NN1. The highest BCUT2D eigenvalue weighted by Crippen LogP contribution is 2.11. The molecule has 0 saturated heterocycles. The Labute approximate surface area is 88.3 Å². The van der Waals surface area contributed by atoms with Crippen LogP contribution >= 0.6 is 0 Å². The predicted octanol–water partition coefficient (Wildman–Crippen LogP) is 0.189. The van der Waals surface area contributed by atoms with Crippen LogP contribution in [0.5, 0.6) is 0 Å². The van der Waals surface area contributed by atoms with E-state index in [0.717, 1.165) is 24.3 Å². The van der Waals surface area contributed by atoms with E-state index in [1.807, 2.05) is 6.08 Å². The van der Waals surface area contributed by atoms with Crippen molar-refractivity contribution in [1.29, 1.82) is 0 Å². The zero-order valence-electron chi connectivity index (χ0n) is 8.58. The number of rotatable bonds is 2. The molecule has 0 radical (unpaired) electrons. The molecule has 0 aromatic carbocycles. The van der Waals surface area contributed by atoms with Crippen molar-refractivity contribution in [3.05, 3.63) is 23.8 Å². The number of carbonyl (C=O) groups excluding carboxylic acids is 1. The highest BCUT2D eigenvalue weighted by molar-refractivity contribution is 6.01. The monoisotopic (exact) mass is 206 g/mol. The molecule has 15 heavy (non-hydrogen) atoms. The highest BCUT2D eigenvalue weighted by Gasteiger charge is 2.18. The van der Waals surface area contributed by atoms with Crippen LogP contribution in [0.4, 0.5) is 0 Å². The number of nitrogens with zero attached hydrogens (tertiary/aromatic N) is 1. The third-order valence-corrected chi connectivity index (χ3v) is 2.19. The molecule has 80 valence electrons. The maximum atomic E-state index is 10.8. The van der Waals surface area contributed by atoms with Crippen LogP contribution < -0.4 is 16.2 Å². The standard InChI is InChI=1S/C10H14N4O/c1-7(15)11-10-12-9(13-14-10)8-5-3-2-4-6-8/h3,5-6,10,14H,2,4H2,1H3,(H,11,15)(H,12,13). The molecule has 0 aromatic heterocycles. The third-order valence-electron chi connectivity index (χ3n) is 2.19. The van der Waals surface area contributed by atoms with Crippen molar-refractivity contribution in [1.82, 2.24) is 16.2 Å². The lowest BCUT2D eigenvalue weighted by Gasteiger charge is -2.07. The molecule has 1 heterocycles. The van der Waals surface area contributed by atoms with Crippen LogP contribution in [-0.2, 0) is 4.79 Å². The molecule has 5 nitrogen and oxygen atoms in total. The zero-order valence-corrected chi connectivity index (χ0v) is 8.58. The van der Waals surface area contributed by atoms with Gasteiger partial charge in [-0.05, 0) is 12.8 Å². The first-order valence-corrected chi connectivity index (χ1v) is 4.99. The minimum absolute atomic E-state index is 0.104. The first kappa shape index (κ1) is 9.92. The maximum absolute atomic E-state index is 10.8. The minimum atomic E-state index is -0.367. The van der Waals surface area contributed by atoms with Crippen molar-refractivity contribution in [3.8, 4) is 0 Å². The zero-order chi connectivity index (χ0) is 10.7. The van der Waals surface area contributed by atoms with Gasteiger partial charge in [-0.25, -0.2) is 4.99 Å². The first-order chi connectivity index (χ1) is 7.25. The summed E-state index contributed by atoms with van der Waals surface area (Å²) in [6.45, 7) is 1.47. The van der Waals surface area contributed by atoms with Gasteiger partial charge in [0.15, 0.2) is 6.29 Å². The van der Waals surface area contributed by atoms with Gasteiger partial charge in [-0.2, -0.15) is 5.43 Å². The maximum Gasteiger partial charge on any atom is 0.219 e. The Bertz CT molecular complexity index is 356. The Hall–Kier alpha value is -1.62. The summed E-state index contributed by atoms with van der Waals surface area (Å²) in [5.41, 5.74) is 6.89. The molecule has 1 aliphatic heterocycles. The lowest BCUT2D eigenvalue weighted by molar-refractivity contribution is -0.119. The van der Waals surface area contributed by atoms with Crippen LogP contribution in [0, 0.1) is 0 Å². The molecule has 1 aliphatic carbocycles. The molecule has 0 spiro atoms. The van der Waals surface area contributed by atoms with Crippen molar-refractivity contribution in [2.24, 2.45) is 4.99 Å². The second-order valence-corrected chi connectivity index (χ2v) is 3.49. The summed E-state index contributed by atoms with van der Waals surface area (Å²) < 4.78 is 0. The molecule has 1 atom stereocenters. The van der Waals surface area contributed by atoms with E-state index in [1.165, 1.54) is 6.92 Å². The Morgan fingerprint density at radius 3 is 3.13 bits per heavy atom. The number of amides is 1. The number of hydrogen-bond donors (Lipinski definition) is 3. The molecular formula is C10H14N4O. The van der Waals surface area contributed by atoms with Crippen molar-refractivity contribution in [2.45, 2.75) is 26.1 Å². The second-order valence-electron chi connectivity index (χ2n) is 3.49. The summed E-state index contributed by atoms with van der Waals surface area (Å²) in [6, 6.07) is 0. The number of carbonyl (C=O) groups is 1. The number of hydrogen-bond acceptors (Lipinski definition) is 4. The Morgan fingerprint density at radius 1 is 1.60 bits per heavy atom. The van der Waals surface area contributed by atoms with Crippen LogP contribution in [0.3, 0.4) is 0 Å². The molecule has 0 bridgehead atoms. The van der Waals surface area contributed by atoms with Crippen molar-refractivity contribution in [2.75, 3.05) is 0 Å². The number of amidine groups is 1. The molecule has 2 aliphatic rings. The highest BCUT2D eigenvalue weighted by atomic mass is 16.1. The molecule has 0 saturated carbocycles. The smallest absolute Gasteiger partial charge is 0.219 e. The third kappa shape index (κ3) is 2.44. The molecular weight excluding hydrogens is 192 g/mol. The lowest BCUT2D eigenvalue weighted by Crippen LogP contribution is -2.44. The quantitative estimate of drug-likeness (QED) is 0.604. The summed E-state index contributed by atoms with van der Waals surface area (Å²) >= 11 is 0. The van der Waals surface area contributed by atoms with Crippen LogP contribution in [0.1, 0.15) is 19.8 Å². The van der Waals surface area contributed by atoms with E-state index in [-0.39, 0.29) is 12.2 Å². The van der Waals surface area contributed by atoms with Crippen molar-refractivity contribution in [3.63, 3.8) is 0 Å². The largest absolute Gasteiger partial charge is 0.321 e. The molecule has 0 fully saturated rings. The van der Waals surface area contributed by atoms with Gasteiger partial charge in [0.25, 0.3) is 0 Å². The van der Waals surface area contributed by atoms with Crippen LogP contribution in [0.15, 0.2) is 28.8 Å². The fraction of sp³-hybridized carbons (Fsp3) is 0.400. The average molecular weight is 206 g/mol. The van der Waals surface area contributed by atoms with Gasteiger partial charge in [0.05, 0.1) is 0 Å². The van der Waals surface area contributed by atoms with E-state index in [2.05, 4.69) is 33.3 Å². The van der Waals surface area contributed by atoms with E-state index < -0.39 is 0 Å². The summed E-state index contributed by atoms with van der Waals surface area (Å²) in [5, 5.41) is 2.66. The molecule has 5 heteroatoms. The van der Waals surface area contributed by atoms with Gasteiger partial charge in [0.2, 0.25) is 5.91 Å². The van der Waals surface area contributed by atoms with E-state index in [1.54, 1.807) is 0 Å². The molecule has 0 aromatic rings. The van der Waals surface area contributed by atoms with Crippen molar-refractivity contribution >= 4 is 11.7 Å². The summed E-state index contributed by atoms with van der Waals surface area (Å²) in [7, 11) is 0. The second kappa shape index (κ2) is 4.27. The fourth-order valence-corrected chi connectivity index (χ4v) is 1.53. The minimum Gasteiger partial charge on any atom is -0.321 e. The van der Waals surface area contributed by atoms with Crippen LogP contribution in [0.2, 0.25) is 0 Å². The van der Waals surface area contributed by atoms with Gasteiger partial charge in [-0.15, -0.1) is 0 Å². The lowest BCUT2D eigenvalue weighted by atomic mass is 10.1. The molecule has 3 N–H and O–H groups in total. The summed E-state index contributed by atoms with van der Waals surface area (Å²) in [5.74, 6) is 0.678. The number of allylic oxidation sites excluding steroid dienone is 2. The topological polar surface area (TPSA) is 65.5 Å². The molecule has 2 rings (SSSR count). The van der Waals surface area contributed by atoms with Crippen LogP contribution in [-0.4, -0.2) is 18.0 Å². The Morgan fingerprint density at radius 2 is 2.47 bits per heavy atom. The average Bonchev–Trinajstić information content (AvgIpc) is 2.67. The van der Waals surface area contributed by atoms with Gasteiger partial charge < -0.3 is 10.7 Å². The summed E-state index contributed by atoms with van der Waals surface area (Å²) in [4.78, 5) is 15.1. The number of nitrogens with one attached hydrogen (secondary N) is 3. The fourth-order valence-electron chi connectivity index (χ4n) is 1.53. The van der Waals surface area contributed by atoms with Gasteiger partial charge in [-0.1, -0.05) is 18.2 Å². The van der Waals surface area contributed by atoms with Gasteiger partial charge in [0.1, 0.15) is 5.84 Å². The number of hydrazine groups is 1. The van der Waals surface area contributed by atoms with E-state index in [9.17, 15) is 4.79 Å². The van der Waals surface area contributed by atoms with Gasteiger partial charge in [0, 0.05) is 12.5 Å².